The minimum atomic E-state index is -0.232. The van der Waals surface area contributed by atoms with Crippen LogP contribution in [-0.2, 0) is 6.42 Å². The summed E-state index contributed by atoms with van der Waals surface area (Å²) in [5.74, 6) is -0.219. The van der Waals surface area contributed by atoms with Crippen molar-refractivity contribution in [3.8, 4) is 0 Å². The fraction of sp³-hybridized carbons (Fsp3) is 0.400. The van der Waals surface area contributed by atoms with Crippen LogP contribution in [0.2, 0.25) is 0 Å². The van der Waals surface area contributed by atoms with Crippen molar-refractivity contribution in [2.24, 2.45) is 0 Å². The van der Waals surface area contributed by atoms with Crippen LogP contribution < -0.4 is 5.32 Å². The zero-order valence-electron chi connectivity index (χ0n) is 7.26. The van der Waals surface area contributed by atoms with Gasteiger partial charge in [0, 0.05) is 5.56 Å². The van der Waals surface area contributed by atoms with E-state index in [0.29, 0.717) is 5.56 Å². The van der Waals surface area contributed by atoms with E-state index in [1.165, 1.54) is 6.07 Å². The van der Waals surface area contributed by atoms with Crippen molar-refractivity contribution in [3.63, 3.8) is 0 Å². The van der Waals surface area contributed by atoms with Gasteiger partial charge in [-0.1, -0.05) is 12.1 Å². The summed E-state index contributed by atoms with van der Waals surface area (Å²) < 4.78 is 13.4. The van der Waals surface area contributed by atoms with Gasteiger partial charge in [0.25, 0.3) is 0 Å². The molecule has 0 amide bonds. The summed E-state index contributed by atoms with van der Waals surface area (Å²) in [5, 5.41) is 12.1. The van der Waals surface area contributed by atoms with Crippen LogP contribution in [0.1, 0.15) is 17.2 Å². The van der Waals surface area contributed by atoms with Crippen molar-refractivity contribution < 1.29 is 9.50 Å². The molecule has 2 nitrogen and oxygen atoms in total. The number of benzene rings is 1. The first kappa shape index (κ1) is 8.66. The van der Waals surface area contributed by atoms with E-state index in [4.69, 9.17) is 5.11 Å². The van der Waals surface area contributed by atoms with Gasteiger partial charge in [0.15, 0.2) is 0 Å². The lowest BCUT2D eigenvalue weighted by Crippen LogP contribution is -2.32. The Kier molecular flexibility index (Phi) is 2.29. The van der Waals surface area contributed by atoms with Crippen LogP contribution in [0.25, 0.3) is 0 Å². The van der Waals surface area contributed by atoms with E-state index in [1.54, 1.807) is 6.07 Å². The van der Waals surface area contributed by atoms with E-state index in [1.807, 2.05) is 6.07 Å². The van der Waals surface area contributed by atoms with Crippen LogP contribution in [0.5, 0.6) is 0 Å². The highest BCUT2D eigenvalue weighted by Gasteiger charge is 2.21. The van der Waals surface area contributed by atoms with Crippen molar-refractivity contribution in [3.05, 3.63) is 35.1 Å². The lowest BCUT2D eigenvalue weighted by atomic mass is 9.94. The van der Waals surface area contributed by atoms with Gasteiger partial charge in [-0.2, -0.15) is 0 Å². The van der Waals surface area contributed by atoms with Crippen LogP contribution in [-0.4, -0.2) is 18.3 Å². The molecule has 0 spiro atoms. The van der Waals surface area contributed by atoms with Gasteiger partial charge in [-0.05, 0) is 24.6 Å². The molecule has 13 heavy (non-hydrogen) atoms. The molecule has 70 valence electrons. The number of halogens is 1. The van der Waals surface area contributed by atoms with Gasteiger partial charge in [0.05, 0.1) is 12.6 Å². The lowest BCUT2D eigenvalue weighted by molar-refractivity contribution is 0.236. The zero-order chi connectivity index (χ0) is 9.26. The first-order chi connectivity index (χ1) is 6.33. The first-order valence-electron chi connectivity index (χ1n) is 4.44. The molecule has 0 unspecified atom stereocenters. The summed E-state index contributed by atoms with van der Waals surface area (Å²) in [6.45, 7) is 0.760. The molecule has 1 aliphatic rings. The predicted octanol–water partition coefficient (Wildman–Crippen LogP) is 1.00. The minimum Gasteiger partial charge on any atom is -0.394 e. The molecule has 0 saturated carbocycles. The van der Waals surface area contributed by atoms with Gasteiger partial charge in [0.2, 0.25) is 0 Å². The highest BCUT2D eigenvalue weighted by Crippen LogP contribution is 2.24. The fourth-order valence-electron chi connectivity index (χ4n) is 1.83. The van der Waals surface area contributed by atoms with Crippen molar-refractivity contribution in [2.45, 2.75) is 12.5 Å². The molecule has 0 aromatic heterocycles. The van der Waals surface area contributed by atoms with E-state index < -0.39 is 0 Å². The van der Waals surface area contributed by atoms with E-state index >= 15 is 0 Å². The monoisotopic (exact) mass is 181 g/mol. The molecular weight excluding hydrogens is 169 g/mol. The third kappa shape index (κ3) is 1.45. The minimum absolute atomic E-state index is 0.0477. The van der Waals surface area contributed by atoms with E-state index in [0.717, 1.165) is 18.5 Å². The second-order valence-corrected chi connectivity index (χ2v) is 3.25. The third-order valence-electron chi connectivity index (χ3n) is 2.46. The molecule has 1 aromatic carbocycles. The number of hydrogen-bond donors (Lipinski definition) is 2. The predicted molar refractivity (Wildman–Crippen MR) is 47.9 cm³/mol. The molecule has 2 rings (SSSR count). The number of hydrogen-bond acceptors (Lipinski definition) is 2. The molecule has 0 radical (unpaired) electrons. The van der Waals surface area contributed by atoms with Crippen LogP contribution in [0.15, 0.2) is 18.2 Å². The molecule has 0 aliphatic carbocycles. The first-order valence-corrected chi connectivity index (χ1v) is 4.44. The van der Waals surface area contributed by atoms with Crippen LogP contribution in [0, 0.1) is 5.82 Å². The zero-order valence-corrected chi connectivity index (χ0v) is 7.26. The Morgan fingerprint density at radius 2 is 2.38 bits per heavy atom. The summed E-state index contributed by atoms with van der Waals surface area (Å²) >= 11 is 0. The topological polar surface area (TPSA) is 32.3 Å². The van der Waals surface area contributed by atoms with Crippen LogP contribution in [0.3, 0.4) is 0 Å². The second kappa shape index (κ2) is 3.44. The molecule has 3 heteroatoms. The molecule has 0 bridgehead atoms. The molecule has 0 fully saturated rings. The van der Waals surface area contributed by atoms with Gasteiger partial charge in [0.1, 0.15) is 5.82 Å². The Hall–Kier alpha value is -0.930. The maximum Gasteiger partial charge on any atom is 0.128 e. The SMILES string of the molecule is OC[C@@H]1NCCc2cccc(F)c21. The van der Waals surface area contributed by atoms with Crippen molar-refractivity contribution in [1.82, 2.24) is 5.32 Å². The normalized spacial score (nSPS) is 21.2. The highest BCUT2D eigenvalue weighted by molar-refractivity contribution is 5.33. The summed E-state index contributed by atoms with van der Waals surface area (Å²) in [6.07, 6.45) is 0.837. The maximum atomic E-state index is 13.4. The van der Waals surface area contributed by atoms with Gasteiger partial charge in [-0.3, -0.25) is 0 Å². The number of fused-ring (bicyclic) bond motifs is 1. The van der Waals surface area contributed by atoms with E-state index in [2.05, 4.69) is 5.32 Å². The molecule has 2 N–H and O–H groups in total. The Morgan fingerprint density at radius 1 is 1.54 bits per heavy atom. The molecule has 0 saturated heterocycles. The average molecular weight is 181 g/mol. The van der Waals surface area contributed by atoms with Gasteiger partial charge in [-0.25, -0.2) is 4.39 Å². The number of rotatable bonds is 1. The molecule has 1 aliphatic heterocycles. The lowest BCUT2D eigenvalue weighted by Gasteiger charge is -2.25. The van der Waals surface area contributed by atoms with Crippen LogP contribution >= 0.6 is 0 Å². The number of nitrogens with one attached hydrogen (secondary N) is 1. The van der Waals surface area contributed by atoms with Gasteiger partial charge in [-0.15, -0.1) is 0 Å². The fourth-order valence-corrected chi connectivity index (χ4v) is 1.83. The molecule has 1 heterocycles. The van der Waals surface area contributed by atoms with Crippen molar-refractivity contribution in [2.75, 3.05) is 13.2 Å². The number of aliphatic hydroxyl groups is 1. The Balaban J connectivity index is 2.47. The highest BCUT2D eigenvalue weighted by atomic mass is 19.1. The number of aliphatic hydroxyl groups excluding tert-OH is 1. The average Bonchev–Trinajstić information content (AvgIpc) is 2.17. The Labute approximate surface area is 76.4 Å². The largest absolute Gasteiger partial charge is 0.394 e. The van der Waals surface area contributed by atoms with Crippen molar-refractivity contribution >= 4 is 0 Å². The van der Waals surface area contributed by atoms with E-state index in [9.17, 15) is 4.39 Å². The van der Waals surface area contributed by atoms with Crippen LogP contribution in [0.4, 0.5) is 4.39 Å². The third-order valence-corrected chi connectivity index (χ3v) is 2.46. The summed E-state index contributed by atoms with van der Waals surface area (Å²) in [5.41, 5.74) is 1.65. The Bertz CT molecular complexity index is 314. The summed E-state index contributed by atoms with van der Waals surface area (Å²) in [6, 6.07) is 4.84. The van der Waals surface area contributed by atoms with E-state index in [-0.39, 0.29) is 18.5 Å². The second-order valence-electron chi connectivity index (χ2n) is 3.25. The quantitative estimate of drug-likeness (QED) is 0.677. The van der Waals surface area contributed by atoms with Gasteiger partial charge >= 0.3 is 0 Å². The molecular formula is C10H12FNO. The smallest absolute Gasteiger partial charge is 0.128 e. The van der Waals surface area contributed by atoms with Crippen molar-refractivity contribution in [1.29, 1.82) is 0 Å². The maximum absolute atomic E-state index is 13.4. The Morgan fingerprint density at radius 3 is 3.15 bits per heavy atom. The summed E-state index contributed by atoms with van der Waals surface area (Å²) in [4.78, 5) is 0. The standard InChI is InChI=1S/C10H12FNO/c11-8-3-1-2-7-4-5-12-9(6-13)10(7)8/h1-3,9,12-13H,4-6H2/t9-/m0/s1. The van der Waals surface area contributed by atoms with Gasteiger partial charge < -0.3 is 10.4 Å². The summed E-state index contributed by atoms with van der Waals surface area (Å²) in [7, 11) is 0. The molecule has 1 aromatic rings. The molecule has 1 atom stereocenters.